The van der Waals surface area contributed by atoms with Gasteiger partial charge in [0.2, 0.25) is 5.91 Å². The summed E-state index contributed by atoms with van der Waals surface area (Å²) in [5.41, 5.74) is 6.07. The van der Waals surface area contributed by atoms with Crippen molar-refractivity contribution in [3.63, 3.8) is 0 Å². The Kier molecular flexibility index (Phi) is 8.63. The molecule has 3 heterocycles. The summed E-state index contributed by atoms with van der Waals surface area (Å²) >= 11 is 0. The standard InChI is InChI=1S/C32H40N6O2/c1-4-7-10-25-32(40)35-26-21-28-29(22-27(26)33-25)38(20-9-19-37-18-8-11-31(37)39)30(34-28)17-14-23-12-15-24(16-13-23)36(5-2)6-3/h12-17,21-22H,4-11,18-20H2,1-3H3,(H,35,40). The van der Waals surface area contributed by atoms with Crippen LogP contribution < -0.4 is 10.5 Å². The van der Waals surface area contributed by atoms with Gasteiger partial charge in [-0.15, -0.1) is 0 Å². The van der Waals surface area contributed by atoms with Gasteiger partial charge in [0.1, 0.15) is 11.5 Å². The predicted octanol–water partition coefficient (Wildman–Crippen LogP) is 5.64. The van der Waals surface area contributed by atoms with Gasteiger partial charge in [0.05, 0.1) is 22.1 Å². The van der Waals surface area contributed by atoms with Crippen molar-refractivity contribution in [2.75, 3.05) is 31.1 Å². The normalized spacial score (nSPS) is 13.9. The average Bonchev–Trinajstić information content (AvgIpc) is 3.53. The number of fused-ring (bicyclic) bond motifs is 2. The number of aromatic amines is 1. The Balaban J connectivity index is 1.48. The van der Waals surface area contributed by atoms with Crippen LogP contribution in [0, 0.1) is 0 Å². The molecular formula is C32H40N6O2. The maximum Gasteiger partial charge on any atom is 0.270 e. The fraction of sp³-hybridized carbons (Fsp3) is 0.438. The number of carbonyl (C=O) groups is 1. The van der Waals surface area contributed by atoms with Crippen LogP contribution in [0.5, 0.6) is 0 Å². The van der Waals surface area contributed by atoms with Crippen LogP contribution in [0.3, 0.4) is 0 Å². The van der Waals surface area contributed by atoms with Crippen molar-refractivity contribution in [1.82, 2.24) is 24.4 Å². The van der Waals surface area contributed by atoms with Crippen molar-refractivity contribution < 1.29 is 4.79 Å². The summed E-state index contributed by atoms with van der Waals surface area (Å²) in [6, 6.07) is 12.6. The quantitative estimate of drug-likeness (QED) is 0.251. The van der Waals surface area contributed by atoms with E-state index in [1.54, 1.807) is 0 Å². The highest BCUT2D eigenvalue weighted by molar-refractivity contribution is 5.92. The number of rotatable bonds is 12. The van der Waals surface area contributed by atoms with Crippen LogP contribution in [0.25, 0.3) is 34.2 Å². The topological polar surface area (TPSA) is 87.1 Å². The smallest absolute Gasteiger partial charge is 0.270 e. The number of hydrogen-bond acceptors (Lipinski definition) is 5. The molecule has 5 rings (SSSR count). The average molecular weight is 541 g/mol. The molecule has 0 aliphatic carbocycles. The molecule has 1 fully saturated rings. The molecule has 210 valence electrons. The Morgan fingerprint density at radius 2 is 1.75 bits per heavy atom. The Morgan fingerprint density at radius 3 is 2.45 bits per heavy atom. The first-order valence-corrected chi connectivity index (χ1v) is 14.7. The third-order valence-electron chi connectivity index (χ3n) is 7.86. The third kappa shape index (κ3) is 5.96. The number of nitrogens with one attached hydrogen (secondary N) is 1. The molecule has 8 nitrogen and oxygen atoms in total. The van der Waals surface area contributed by atoms with Crippen molar-refractivity contribution in [2.24, 2.45) is 0 Å². The fourth-order valence-electron chi connectivity index (χ4n) is 5.55. The van der Waals surface area contributed by atoms with E-state index in [0.29, 0.717) is 24.1 Å². The van der Waals surface area contributed by atoms with Gasteiger partial charge in [-0.3, -0.25) is 9.59 Å². The zero-order valence-electron chi connectivity index (χ0n) is 23.9. The molecule has 0 unspecified atom stereocenters. The molecular weight excluding hydrogens is 500 g/mol. The molecule has 0 radical (unpaired) electrons. The minimum absolute atomic E-state index is 0.122. The first-order valence-electron chi connectivity index (χ1n) is 14.7. The fourth-order valence-corrected chi connectivity index (χ4v) is 5.55. The number of H-pyrrole nitrogens is 1. The maximum absolute atomic E-state index is 12.6. The van der Waals surface area contributed by atoms with E-state index >= 15 is 0 Å². The first-order chi connectivity index (χ1) is 19.5. The third-order valence-corrected chi connectivity index (χ3v) is 7.86. The molecule has 40 heavy (non-hydrogen) atoms. The first kappa shape index (κ1) is 27.6. The van der Waals surface area contributed by atoms with E-state index in [0.717, 1.165) is 86.3 Å². The summed E-state index contributed by atoms with van der Waals surface area (Å²) in [5, 5.41) is 0. The van der Waals surface area contributed by atoms with Gasteiger partial charge in [0, 0.05) is 44.8 Å². The number of likely N-dealkylation sites (tertiary alicyclic amines) is 1. The van der Waals surface area contributed by atoms with Crippen molar-refractivity contribution >= 4 is 45.8 Å². The minimum atomic E-state index is -0.122. The molecule has 2 aromatic carbocycles. The van der Waals surface area contributed by atoms with E-state index in [4.69, 9.17) is 9.97 Å². The Bertz CT molecular complexity index is 1560. The summed E-state index contributed by atoms with van der Waals surface area (Å²) in [4.78, 5) is 41.8. The van der Waals surface area contributed by atoms with Gasteiger partial charge in [-0.05, 0) is 75.4 Å². The Morgan fingerprint density at radius 1 is 0.950 bits per heavy atom. The van der Waals surface area contributed by atoms with Crippen LogP contribution in [0.1, 0.15) is 70.0 Å². The van der Waals surface area contributed by atoms with Gasteiger partial charge >= 0.3 is 0 Å². The molecule has 1 amide bonds. The van der Waals surface area contributed by atoms with E-state index in [2.05, 4.69) is 71.6 Å². The minimum Gasteiger partial charge on any atom is -0.372 e. The van der Waals surface area contributed by atoms with Crippen LogP contribution in [-0.4, -0.2) is 56.5 Å². The molecule has 4 aromatic rings. The highest BCUT2D eigenvalue weighted by atomic mass is 16.2. The summed E-state index contributed by atoms with van der Waals surface area (Å²) in [6.07, 6.45) is 9.21. The molecule has 8 heteroatoms. The van der Waals surface area contributed by atoms with Crippen LogP contribution in [0.4, 0.5) is 5.69 Å². The van der Waals surface area contributed by atoms with Gasteiger partial charge in [-0.25, -0.2) is 9.97 Å². The van der Waals surface area contributed by atoms with Crippen molar-refractivity contribution in [1.29, 1.82) is 0 Å². The van der Waals surface area contributed by atoms with Crippen LogP contribution in [0.15, 0.2) is 41.2 Å². The highest BCUT2D eigenvalue weighted by Gasteiger charge is 2.20. The summed E-state index contributed by atoms with van der Waals surface area (Å²) < 4.78 is 2.22. The lowest BCUT2D eigenvalue weighted by Crippen LogP contribution is -2.26. The second kappa shape index (κ2) is 12.5. The monoisotopic (exact) mass is 540 g/mol. The Hall–Kier alpha value is -3.94. The number of nitrogens with zero attached hydrogens (tertiary/aromatic N) is 5. The maximum atomic E-state index is 12.6. The lowest BCUT2D eigenvalue weighted by molar-refractivity contribution is -0.127. The zero-order valence-corrected chi connectivity index (χ0v) is 23.9. The summed E-state index contributed by atoms with van der Waals surface area (Å²) in [6.45, 7) is 10.7. The van der Waals surface area contributed by atoms with Crippen LogP contribution >= 0.6 is 0 Å². The largest absolute Gasteiger partial charge is 0.372 e. The number of carbonyl (C=O) groups excluding carboxylic acids is 1. The van der Waals surface area contributed by atoms with E-state index in [1.807, 2.05) is 17.0 Å². The van der Waals surface area contributed by atoms with Gasteiger partial charge in [-0.2, -0.15) is 0 Å². The predicted molar refractivity (Wildman–Crippen MR) is 164 cm³/mol. The molecule has 0 spiro atoms. The lowest BCUT2D eigenvalue weighted by atomic mass is 10.2. The van der Waals surface area contributed by atoms with Crippen molar-refractivity contribution in [3.05, 3.63) is 63.8 Å². The zero-order chi connectivity index (χ0) is 28.1. The molecule has 1 N–H and O–H groups in total. The number of unbranched alkanes of at least 4 members (excludes halogenated alkanes) is 1. The van der Waals surface area contributed by atoms with Gasteiger partial charge in [0.25, 0.3) is 5.56 Å². The van der Waals surface area contributed by atoms with Gasteiger partial charge < -0.3 is 19.4 Å². The number of imidazole rings is 1. The molecule has 1 saturated heterocycles. The van der Waals surface area contributed by atoms with Gasteiger partial charge in [-0.1, -0.05) is 31.6 Å². The number of anilines is 1. The SMILES string of the molecule is CCCCc1nc2cc3c(cc2[nH]c1=O)nc(C=Cc1ccc(N(CC)CC)cc1)n3CCCN1CCCC1=O. The number of aromatic nitrogens is 4. The van der Waals surface area contributed by atoms with E-state index in [9.17, 15) is 9.59 Å². The summed E-state index contributed by atoms with van der Waals surface area (Å²) in [5.74, 6) is 1.10. The van der Waals surface area contributed by atoms with E-state index in [1.165, 1.54) is 5.69 Å². The second-order valence-electron chi connectivity index (χ2n) is 10.5. The highest BCUT2D eigenvalue weighted by Crippen LogP contribution is 2.24. The number of aryl methyl sites for hydroxylation is 2. The van der Waals surface area contributed by atoms with Gasteiger partial charge in [0.15, 0.2) is 0 Å². The second-order valence-corrected chi connectivity index (χ2v) is 10.5. The van der Waals surface area contributed by atoms with Crippen molar-refractivity contribution in [3.8, 4) is 0 Å². The van der Waals surface area contributed by atoms with Crippen LogP contribution in [0.2, 0.25) is 0 Å². The number of benzene rings is 2. The van der Waals surface area contributed by atoms with Crippen LogP contribution in [-0.2, 0) is 17.8 Å². The molecule has 1 aliphatic rings. The summed E-state index contributed by atoms with van der Waals surface area (Å²) in [7, 11) is 0. The molecule has 0 saturated carbocycles. The number of hydrogen-bond donors (Lipinski definition) is 1. The molecule has 0 atom stereocenters. The Labute approximate surface area is 235 Å². The number of amides is 1. The molecule has 1 aliphatic heterocycles. The molecule has 2 aromatic heterocycles. The van der Waals surface area contributed by atoms with E-state index in [-0.39, 0.29) is 11.5 Å². The lowest BCUT2D eigenvalue weighted by Gasteiger charge is -2.20. The molecule has 0 bridgehead atoms. The van der Waals surface area contributed by atoms with Crippen molar-refractivity contribution in [2.45, 2.75) is 65.8 Å². The van der Waals surface area contributed by atoms with E-state index < -0.39 is 0 Å².